The molecule has 25 heavy (non-hydrogen) atoms. The minimum Gasteiger partial charge on any atom is -0.461 e. The van der Waals surface area contributed by atoms with Crippen LogP contribution in [0.4, 0.5) is 5.69 Å². The topological polar surface area (TPSA) is 33.5 Å². The zero-order valence-corrected chi connectivity index (χ0v) is 16.2. The molecule has 1 atom stereocenters. The molecule has 0 fully saturated rings. The van der Waals surface area contributed by atoms with Gasteiger partial charge in [0.25, 0.3) is 0 Å². The first-order valence-corrected chi connectivity index (χ1v) is 9.38. The molecule has 0 saturated heterocycles. The van der Waals surface area contributed by atoms with Crippen LogP contribution in [0.2, 0.25) is 0 Å². The summed E-state index contributed by atoms with van der Waals surface area (Å²) in [6.07, 6.45) is 0.596. The van der Waals surface area contributed by atoms with Gasteiger partial charge in [0, 0.05) is 28.5 Å². The number of fused-ring (bicyclic) bond motifs is 2. The third kappa shape index (κ3) is 2.60. The Morgan fingerprint density at radius 3 is 2.72 bits per heavy atom. The highest BCUT2D eigenvalue weighted by atomic mass is 79.9. The molecule has 0 bridgehead atoms. The molecule has 4 rings (SSSR count). The number of aryl methyl sites for hydroxylation is 2. The van der Waals surface area contributed by atoms with E-state index in [1.807, 2.05) is 30.0 Å². The SMILES string of the molecule is CCN1C(=O)C(Cc2oc3ccc(C)cc3c2C)c2cc(Br)ccc21. The van der Waals surface area contributed by atoms with Gasteiger partial charge >= 0.3 is 0 Å². The molecule has 1 aliphatic rings. The van der Waals surface area contributed by atoms with E-state index in [0.717, 1.165) is 38.0 Å². The van der Waals surface area contributed by atoms with E-state index >= 15 is 0 Å². The molecule has 128 valence electrons. The molecule has 0 N–H and O–H groups in total. The summed E-state index contributed by atoms with van der Waals surface area (Å²) in [5.74, 6) is 0.877. The summed E-state index contributed by atoms with van der Waals surface area (Å²) in [6, 6.07) is 12.3. The minimum atomic E-state index is -0.187. The van der Waals surface area contributed by atoms with Gasteiger partial charge in [0.05, 0.1) is 5.92 Å². The smallest absolute Gasteiger partial charge is 0.235 e. The molecular weight excluding hydrogens is 378 g/mol. The fourth-order valence-electron chi connectivity index (χ4n) is 3.78. The summed E-state index contributed by atoms with van der Waals surface area (Å²) in [5.41, 5.74) is 5.34. The van der Waals surface area contributed by atoms with Crippen LogP contribution in [0.15, 0.2) is 45.3 Å². The lowest BCUT2D eigenvalue weighted by Gasteiger charge is -2.15. The molecular formula is C21H20BrNO2. The lowest BCUT2D eigenvalue weighted by molar-refractivity contribution is -0.119. The maximum absolute atomic E-state index is 13.0. The van der Waals surface area contributed by atoms with Crippen molar-refractivity contribution in [1.82, 2.24) is 0 Å². The van der Waals surface area contributed by atoms with Crippen LogP contribution >= 0.6 is 15.9 Å². The molecule has 1 aromatic heterocycles. The first-order valence-electron chi connectivity index (χ1n) is 8.59. The van der Waals surface area contributed by atoms with Crippen molar-refractivity contribution in [2.45, 2.75) is 33.1 Å². The van der Waals surface area contributed by atoms with Crippen molar-refractivity contribution in [2.24, 2.45) is 0 Å². The number of halogens is 1. The number of anilines is 1. The molecule has 2 aromatic carbocycles. The van der Waals surface area contributed by atoms with Crippen molar-refractivity contribution in [3.05, 3.63) is 63.3 Å². The number of likely N-dealkylation sites (N-methyl/N-ethyl adjacent to an activating group) is 1. The van der Waals surface area contributed by atoms with Crippen LogP contribution in [0.5, 0.6) is 0 Å². The summed E-state index contributed by atoms with van der Waals surface area (Å²) in [4.78, 5) is 14.8. The minimum absolute atomic E-state index is 0.159. The molecule has 3 aromatic rings. The average molecular weight is 398 g/mol. The van der Waals surface area contributed by atoms with Crippen molar-refractivity contribution in [3.63, 3.8) is 0 Å². The van der Waals surface area contributed by atoms with Crippen LogP contribution < -0.4 is 4.90 Å². The second-order valence-electron chi connectivity index (χ2n) is 6.69. The number of benzene rings is 2. The van der Waals surface area contributed by atoms with Crippen molar-refractivity contribution in [3.8, 4) is 0 Å². The summed E-state index contributed by atoms with van der Waals surface area (Å²) < 4.78 is 7.09. The Bertz CT molecular complexity index is 989. The zero-order chi connectivity index (χ0) is 17.7. The van der Waals surface area contributed by atoms with E-state index in [2.05, 4.69) is 48.0 Å². The molecule has 1 aliphatic heterocycles. The van der Waals surface area contributed by atoms with Gasteiger partial charge in [-0.1, -0.05) is 27.6 Å². The Balaban J connectivity index is 1.77. The summed E-state index contributed by atoms with van der Waals surface area (Å²) in [7, 11) is 0. The number of amides is 1. The van der Waals surface area contributed by atoms with Crippen LogP contribution in [0.25, 0.3) is 11.0 Å². The molecule has 4 heteroatoms. The first kappa shape index (κ1) is 16.4. The van der Waals surface area contributed by atoms with Crippen molar-refractivity contribution in [2.75, 3.05) is 11.4 Å². The number of rotatable bonds is 3. The molecule has 3 nitrogen and oxygen atoms in total. The Labute approximate surface area is 155 Å². The van der Waals surface area contributed by atoms with E-state index in [4.69, 9.17) is 4.42 Å². The van der Waals surface area contributed by atoms with Crippen molar-refractivity contribution in [1.29, 1.82) is 0 Å². The summed E-state index contributed by atoms with van der Waals surface area (Å²) in [5, 5.41) is 1.14. The van der Waals surface area contributed by atoms with Crippen LogP contribution in [0, 0.1) is 13.8 Å². The number of carbonyl (C=O) groups is 1. The van der Waals surface area contributed by atoms with E-state index in [0.29, 0.717) is 13.0 Å². The van der Waals surface area contributed by atoms with Gasteiger partial charge in [-0.25, -0.2) is 0 Å². The number of hydrogen-bond donors (Lipinski definition) is 0. The highest BCUT2D eigenvalue weighted by Gasteiger charge is 2.37. The van der Waals surface area contributed by atoms with Gasteiger partial charge in [0.2, 0.25) is 5.91 Å². The maximum atomic E-state index is 13.0. The molecule has 2 heterocycles. The van der Waals surface area contributed by atoms with Crippen LogP contribution in [-0.4, -0.2) is 12.5 Å². The lowest BCUT2D eigenvalue weighted by atomic mass is 9.94. The van der Waals surface area contributed by atoms with E-state index in [9.17, 15) is 4.79 Å². The van der Waals surface area contributed by atoms with E-state index in [1.165, 1.54) is 5.56 Å². The highest BCUT2D eigenvalue weighted by molar-refractivity contribution is 9.10. The largest absolute Gasteiger partial charge is 0.461 e. The van der Waals surface area contributed by atoms with Gasteiger partial charge in [0.1, 0.15) is 11.3 Å². The van der Waals surface area contributed by atoms with Crippen molar-refractivity contribution < 1.29 is 9.21 Å². The second kappa shape index (κ2) is 6.03. The number of hydrogen-bond acceptors (Lipinski definition) is 2. The second-order valence-corrected chi connectivity index (χ2v) is 7.61. The van der Waals surface area contributed by atoms with E-state index in [-0.39, 0.29) is 11.8 Å². The van der Waals surface area contributed by atoms with Gasteiger partial charge < -0.3 is 9.32 Å². The summed E-state index contributed by atoms with van der Waals surface area (Å²) >= 11 is 3.54. The van der Waals surface area contributed by atoms with E-state index < -0.39 is 0 Å². The summed E-state index contributed by atoms with van der Waals surface area (Å²) in [6.45, 7) is 6.86. The molecule has 0 saturated carbocycles. The zero-order valence-electron chi connectivity index (χ0n) is 14.6. The molecule has 0 radical (unpaired) electrons. The molecule has 1 amide bonds. The van der Waals surface area contributed by atoms with Crippen LogP contribution in [-0.2, 0) is 11.2 Å². The Morgan fingerprint density at radius 2 is 1.96 bits per heavy atom. The predicted molar refractivity (Wildman–Crippen MR) is 104 cm³/mol. The third-order valence-electron chi connectivity index (χ3n) is 5.12. The van der Waals surface area contributed by atoms with Crippen molar-refractivity contribution >= 4 is 38.5 Å². The maximum Gasteiger partial charge on any atom is 0.235 e. The fraction of sp³-hybridized carbons (Fsp3) is 0.286. The normalized spacial score (nSPS) is 16.7. The van der Waals surface area contributed by atoms with Gasteiger partial charge in [-0.05, 0) is 62.2 Å². The Kier molecular flexibility index (Phi) is 3.95. The fourth-order valence-corrected chi connectivity index (χ4v) is 4.16. The third-order valence-corrected chi connectivity index (χ3v) is 5.61. The van der Waals surface area contributed by atoms with E-state index in [1.54, 1.807) is 0 Å². The van der Waals surface area contributed by atoms with Gasteiger partial charge in [0.15, 0.2) is 0 Å². The highest BCUT2D eigenvalue weighted by Crippen LogP contribution is 2.41. The Hall–Kier alpha value is -2.07. The molecule has 1 unspecified atom stereocenters. The molecule has 0 spiro atoms. The van der Waals surface area contributed by atoms with Gasteiger partial charge in [-0.2, -0.15) is 0 Å². The number of carbonyl (C=O) groups excluding carboxylic acids is 1. The monoisotopic (exact) mass is 397 g/mol. The Morgan fingerprint density at radius 1 is 1.16 bits per heavy atom. The number of nitrogens with zero attached hydrogens (tertiary/aromatic N) is 1. The number of furan rings is 1. The van der Waals surface area contributed by atoms with Crippen LogP contribution in [0.1, 0.15) is 35.3 Å². The van der Waals surface area contributed by atoms with Crippen LogP contribution in [0.3, 0.4) is 0 Å². The van der Waals surface area contributed by atoms with Gasteiger partial charge in [-0.3, -0.25) is 4.79 Å². The lowest BCUT2D eigenvalue weighted by Crippen LogP contribution is -2.29. The quantitative estimate of drug-likeness (QED) is 0.583. The average Bonchev–Trinajstić information content (AvgIpc) is 3.03. The first-order chi connectivity index (χ1) is 12.0. The molecule has 0 aliphatic carbocycles. The standard InChI is InChI=1S/C21H20BrNO2/c1-4-23-18-7-6-14(22)10-16(18)17(21(23)24)11-20-13(3)15-9-12(2)5-8-19(15)25-20/h5-10,17H,4,11H2,1-3H3. The van der Waals surface area contributed by atoms with Gasteiger partial charge in [-0.15, -0.1) is 0 Å². The predicted octanol–water partition coefficient (Wildman–Crippen LogP) is 5.50.